The first kappa shape index (κ1) is 12.6. The molecule has 2 heterocycles. The zero-order chi connectivity index (χ0) is 14.4. The summed E-state index contributed by atoms with van der Waals surface area (Å²) in [4.78, 5) is 12.7. The highest BCUT2D eigenvalue weighted by Crippen LogP contribution is 2.38. The van der Waals surface area contributed by atoms with Crippen molar-refractivity contribution in [1.82, 2.24) is 19.5 Å². The van der Waals surface area contributed by atoms with Gasteiger partial charge < -0.3 is 15.6 Å². The van der Waals surface area contributed by atoms with Gasteiger partial charge in [-0.3, -0.25) is 4.57 Å². The average Bonchev–Trinajstić information content (AvgIpc) is 3.37. The lowest BCUT2D eigenvalue weighted by Gasteiger charge is -2.05. The zero-order valence-corrected chi connectivity index (χ0v) is 11.6. The molecule has 2 saturated carbocycles. The summed E-state index contributed by atoms with van der Waals surface area (Å²) in [5, 5.41) is 9.10. The Bertz CT molecular complexity index is 719. The van der Waals surface area contributed by atoms with Gasteiger partial charge in [-0.2, -0.15) is 9.97 Å². The van der Waals surface area contributed by atoms with Gasteiger partial charge in [-0.05, 0) is 30.8 Å². The molecule has 1 atom stereocenters. The number of aromatic nitrogens is 4. The molecular formula is C14H17N5O2. The lowest BCUT2D eigenvalue weighted by molar-refractivity contribution is 0.281. The largest absolute Gasteiger partial charge is 0.476 e. The van der Waals surface area contributed by atoms with Crippen molar-refractivity contribution in [2.24, 2.45) is 11.8 Å². The quantitative estimate of drug-likeness (QED) is 0.852. The molecule has 0 saturated heterocycles. The third kappa shape index (κ3) is 2.44. The van der Waals surface area contributed by atoms with E-state index in [9.17, 15) is 0 Å². The average molecular weight is 287 g/mol. The predicted octanol–water partition coefficient (Wildman–Crippen LogP) is 1.05. The van der Waals surface area contributed by atoms with Gasteiger partial charge in [0.15, 0.2) is 11.2 Å². The van der Waals surface area contributed by atoms with Gasteiger partial charge in [-0.15, -0.1) is 0 Å². The molecule has 7 heteroatoms. The van der Waals surface area contributed by atoms with Crippen molar-refractivity contribution in [3.8, 4) is 5.88 Å². The standard InChI is InChI=1S/C14H17N5O2/c15-14-17-12-11(13(18-14)21-6-8-1-2-8)16-7-19(12)4-9-3-10(9)5-20/h4,7-8,10,20H,1-3,5-6H2,(H2,15,17,18)/b9-4-. The van der Waals surface area contributed by atoms with Gasteiger partial charge >= 0.3 is 0 Å². The second-order valence-corrected chi connectivity index (χ2v) is 5.75. The van der Waals surface area contributed by atoms with Crippen molar-refractivity contribution in [2.45, 2.75) is 19.3 Å². The van der Waals surface area contributed by atoms with Crippen molar-refractivity contribution in [1.29, 1.82) is 0 Å². The first-order valence-electron chi connectivity index (χ1n) is 7.19. The maximum absolute atomic E-state index is 9.10. The molecule has 0 radical (unpaired) electrons. The third-order valence-electron chi connectivity index (χ3n) is 3.93. The molecule has 0 spiro atoms. The Hall–Kier alpha value is -2.15. The van der Waals surface area contributed by atoms with Gasteiger partial charge in [-0.25, -0.2) is 4.98 Å². The number of imidazole rings is 1. The molecule has 2 aromatic rings. The topological polar surface area (TPSA) is 99.1 Å². The van der Waals surface area contributed by atoms with E-state index in [1.807, 2.05) is 10.8 Å². The van der Waals surface area contributed by atoms with Gasteiger partial charge in [0.25, 0.3) is 0 Å². The van der Waals surface area contributed by atoms with Gasteiger partial charge in [0.05, 0.1) is 6.61 Å². The molecule has 0 aliphatic heterocycles. The number of anilines is 1. The molecule has 0 aromatic carbocycles. The Labute approximate surface area is 121 Å². The van der Waals surface area contributed by atoms with E-state index in [1.54, 1.807) is 6.33 Å². The summed E-state index contributed by atoms with van der Waals surface area (Å²) >= 11 is 0. The molecular weight excluding hydrogens is 270 g/mol. The van der Waals surface area contributed by atoms with E-state index in [1.165, 1.54) is 18.4 Å². The number of aliphatic hydroxyl groups excluding tert-OH is 1. The van der Waals surface area contributed by atoms with E-state index in [-0.39, 0.29) is 18.5 Å². The Morgan fingerprint density at radius 1 is 1.43 bits per heavy atom. The smallest absolute Gasteiger partial charge is 0.247 e. The van der Waals surface area contributed by atoms with Crippen LogP contribution in [0.4, 0.5) is 5.95 Å². The number of fused-ring (bicyclic) bond motifs is 1. The second kappa shape index (κ2) is 4.70. The van der Waals surface area contributed by atoms with Crippen molar-refractivity contribution < 1.29 is 9.84 Å². The monoisotopic (exact) mass is 287 g/mol. The summed E-state index contributed by atoms with van der Waals surface area (Å²) in [5.74, 6) is 1.54. The van der Waals surface area contributed by atoms with Crippen LogP contribution in [0.5, 0.6) is 5.88 Å². The Balaban J connectivity index is 1.68. The molecule has 7 nitrogen and oxygen atoms in total. The highest BCUT2D eigenvalue weighted by atomic mass is 16.5. The minimum absolute atomic E-state index is 0.183. The summed E-state index contributed by atoms with van der Waals surface area (Å²) in [6, 6.07) is 0. The molecule has 2 aromatic heterocycles. The van der Waals surface area contributed by atoms with Gasteiger partial charge in [0.2, 0.25) is 11.8 Å². The number of nitrogens with zero attached hydrogens (tertiary/aromatic N) is 4. The molecule has 1 unspecified atom stereocenters. The number of rotatable bonds is 5. The van der Waals surface area contributed by atoms with Crippen LogP contribution < -0.4 is 10.5 Å². The van der Waals surface area contributed by atoms with Crippen LogP contribution in [0, 0.1) is 11.8 Å². The Kier molecular flexibility index (Phi) is 2.81. The van der Waals surface area contributed by atoms with Crippen LogP contribution in [0.3, 0.4) is 0 Å². The van der Waals surface area contributed by atoms with Gasteiger partial charge in [0, 0.05) is 18.7 Å². The van der Waals surface area contributed by atoms with Gasteiger partial charge in [-0.1, -0.05) is 0 Å². The third-order valence-corrected chi connectivity index (χ3v) is 3.93. The summed E-state index contributed by atoms with van der Waals surface area (Å²) in [7, 11) is 0. The first-order valence-corrected chi connectivity index (χ1v) is 7.19. The fourth-order valence-corrected chi connectivity index (χ4v) is 2.33. The maximum Gasteiger partial charge on any atom is 0.247 e. The fraction of sp³-hybridized carbons (Fsp3) is 0.500. The summed E-state index contributed by atoms with van der Waals surface area (Å²) < 4.78 is 7.55. The summed E-state index contributed by atoms with van der Waals surface area (Å²) in [5.41, 5.74) is 8.23. The number of nitrogens with two attached hydrogens (primary N) is 1. The second-order valence-electron chi connectivity index (χ2n) is 5.75. The van der Waals surface area contributed by atoms with E-state index in [4.69, 9.17) is 15.6 Å². The fourth-order valence-electron chi connectivity index (χ4n) is 2.33. The van der Waals surface area contributed by atoms with Crippen LogP contribution in [-0.4, -0.2) is 37.8 Å². The molecule has 2 aliphatic carbocycles. The number of aliphatic hydroxyl groups is 1. The Morgan fingerprint density at radius 2 is 2.29 bits per heavy atom. The molecule has 0 bridgehead atoms. The van der Waals surface area contributed by atoms with E-state index < -0.39 is 0 Å². The van der Waals surface area contributed by atoms with Crippen molar-refractivity contribution in [2.75, 3.05) is 18.9 Å². The zero-order valence-electron chi connectivity index (χ0n) is 11.6. The molecule has 2 aliphatic rings. The van der Waals surface area contributed by atoms with E-state index in [0.29, 0.717) is 29.6 Å². The SMILES string of the molecule is Nc1nc(OCC2CC2)c2ncn(/C=C3/CC3CO)c2n1. The summed E-state index contributed by atoms with van der Waals surface area (Å²) in [6.45, 7) is 0.845. The van der Waals surface area contributed by atoms with Crippen LogP contribution in [-0.2, 0) is 0 Å². The molecule has 2 fully saturated rings. The maximum atomic E-state index is 9.10. The number of ether oxygens (including phenoxy) is 1. The molecule has 4 rings (SSSR count). The Morgan fingerprint density at radius 3 is 3.00 bits per heavy atom. The van der Waals surface area contributed by atoms with E-state index >= 15 is 0 Å². The molecule has 21 heavy (non-hydrogen) atoms. The van der Waals surface area contributed by atoms with Crippen LogP contribution in [0.25, 0.3) is 17.4 Å². The number of hydrogen-bond donors (Lipinski definition) is 2. The number of nitrogen functional groups attached to an aromatic ring is 1. The highest BCUT2D eigenvalue weighted by Gasteiger charge is 2.29. The first-order chi connectivity index (χ1) is 10.2. The van der Waals surface area contributed by atoms with E-state index in [0.717, 1.165) is 6.42 Å². The summed E-state index contributed by atoms with van der Waals surface area (Å²) in [6.07, 6.45) is 6.98. The van der Waals surface area contributed by atoms with Crippen LogP contribution in [0.1, 0.15) is 19.3 Å². The molecule has 0 amide bonds. The molecule has 3 N–H and O–H groups in total. The number of hydrogen-bond acceptors (Lipinski definition) is 6. The minimum atomic E-state index is 0.183. The predicted molar refractivity (Wildman–Crippen MR) is 77.4 cm³/mol. The van der Waals surface area contributed by atoms with Crippen LogP contribution in [0.15, 0.2) is 11.9 Å². The van der Waals surface area contributed by atoms with Crippen molar-refractivity contribution in [3.05, 3.63) is 11.9 Å². The minimum Gasteiger partial charge on any atom is -0.476 e. The van der Waals surface area contributed by atoms with Crippen molar-refractivity contribution >= 4 is 23.3 Å². The lowest BCUT2D eigenvalue weighted by atomic mass is 10.4. The molecule has 110 valence electrons. The van der Waals surface area contributed by atoms with Crippen molar-refractivity contribution in [3.63, 3.8) is 0 Å². The normalized spacial score (nSPS) is 22.9. The van der Waals surface area contributed by atoms with Gasteiger partial charge in [0.1, 0.15) is 6.33 Å². The van der Waals surface area contributed by atoms with Crippen LogP contribution >= 0.6 is 0 Å². The van der Waals surface area contributed by atoms with Crippen LogP contribution in [0.2, 0.25) is 0 Å². The van der Waals surface area contributed by atoms with E-state index in [2.05, 4.69) is 15.0 Å². The highest BCUT2D eigenvalue weighted by molar-refractivity contribution is 5.79. The lowest BCUT2D eigenvalue weighted by Crippen LogP contribution is -2.05.